The van der Waals surface area contributed by atoms with Crippen LogP contribution in [0.25, 0.3) is 11.4 Å². The Balaban J connectivity index is 1.64. The molecule has 0 bridgehead atoms. The Morgan fingerprint density at radius 2 is 1.81 bits per heavy atom. The molecule has 0 saturated carbocycles. The lowest BCUT2D eigenvalue weighted by Gasteiger charge is -2.26. The highest BCUT2D eigenvalue weighted by molar-refractivity contribution is 7.71. The molecular weight excluding hydrogens is 412 g/mol. The first-order valence-corrected chi connectivity index (χ1v) is 10.7. The highest BCUT2D eigenvalue weighted by Gasteiger charge is 2.29. The second kappa shape index (κ2) is 9.11. The Morgan fingerprint density at radius 1 is 1.03 bits per heavy atom. The number of benzene rings is 2. The largest absolute Gasteiger partial charge is 0.497 e. The number of rotatable bonds is 7. The van der Waals surface area contributed by atoms with E-state index in [1.165, 1.54) is 0 Å². The summed E-state index contributed by atoms with van der Waals surface area (Å²) in [5, 5.41) is 4.85. The molecule has 2 aromatic carbocycles. The van der Waals surface area contributed by atoms with Crippen molar-refractivity contribution in [3.63, 3.8) is 0 Å². The molecule has 0 unspecified atom stereocenters. The minimum Gasteiger partial charge on any atom is -0.497 e. The monoisotopic (exact) mass is 440 g/mol. The second-order valence-corrected chi connectivity index (χ2v) is 7.98. The van der Waals surface area contributed by atoms with Gasteiger partial charge in [0, 0.05) is 30.8 Å². The maximum absolute atomic E-state index is 5.71. The van der Waals surface area contributed by atoms with Gasteiger partial charge in [-0.3, -0.25) is 4.90 Å². The van der Waals surface area contributed by atoms with E-state index in [0.717, 1.165) is 53.6 Å². The zero-order chi connectivity index (χ0) is 22.0. The molecule has 0 aliphatic carbocycles. The predicted octanol–water partition coefficient (Wildman–Crippen LogP) is 4.44. The van der Waals surface area contributed by atoms with Crippen LogP contribution >= 0.6 is 12.2 Å². The summed E-state index contributed by atoms with van der Waals surface area (Å²) in [5.74, 6) is 3.32. The van der Waals surface area contributed by atoms with Crippen LogP contribution in [0.3, 0.4) is 0 Å². The third-order valence-corrected chi connectivity index (χ3v) is 6.33. The van der Waals surface area contributed by atoms with Crippen molar-refractivity contribution < 1.29 is 14.2 Å². The van der Waals surface area contributed by atoms with E-state index in [4.69, 9.17) is 31.5 Å². The summed E-state index contributed by atoms with van der Waals surface area (Å²) in [5.41, 5.74) is 2.11. The molecule has 1 aliphatic rings. The lowest BCUT2D eigenvalue weighted by molar-refractivity contribution is 0.186. The fourth-order valence-corrected chi connectivity index (χ4v) is 4.40. The van der Waals surface area contributed by atoms with E-state index in [9.17, 15) is 0 Å². The summed E-state index contributed by atoms with van der Waals surface area (Å²) in [4.78, 5) is 2.40. The average Bonchev–Trinajstić information content (AvgIpc) is 3.38. The Hall–Kier alpha value is -2.84. The van der Waals surface area contributed by atoms with Crippen LogP contribution in [0.4, 0.5) is 0 Å². The van der Waals surface area contributed by atoms with E-state index in [2.05, 4.69) is 11.0 Å². The standard InChI is InChI=1S/C23H28N4O3S/c1-25-22(16-7-5-8-17(13-16)28-2)24-27(23(25)31)15-26-12-6-9-20(26)19-14-18(29-3)10-11-21(19)30-4/h5,7-8,10-11,13-14,20H,6,9,12,15H2,1-4H3/t20-/m0/s1. The van der Waals surface area contributed by atoms with E-state index in [-0.39, 0.29) is 6.04 Å². The van der Waals surface area contributed by atoms with Crippen molar-refractivity contribution in [3.8, 4) is 28.6 Å². The van der Waals surface area contributed by atoms with Gasteiger partial charge in [-0.25, -0.2) is 4.68 Å². The van der Waals surface area contributed by atoms with E-state index in [0.29, 0.717) is 11.4 Å². The first kappa shape index (κ1) is 21.4. The average molecular weight is 441 g/mol. The molecule has 1 aromatic heterocycles. The first-order valence-electron chi connectivity index (χ1n) is 10.3. The van der Waals surface area contributed by atoms with Crippen LogP contribution in [0.5, 0.6) is 17.2 Å². The van der Waals surface area contributed by atoms with Crippen molar-refractivity contribution in [2.24, 2.45) is 7.05 Å². The molecule has 8 heteroatoms. The number of nitrogens with zero attached hydrogens (tertiary/aromatic N) is 4. The van der Waals surface area contributed by atoms with Gasteiger partial charge in [0.25, 0.3) is 0 Å². The zero-order valence-corrected chi connectivity index (χ0v) is 19.2. The summed E-state index contributed by atoms with van der Waals surface area (Å²) in [6.45, 7) is 1.58. The summed E-state index contributed by atoms with van der Waals surface area (Å²) >= 11 is 5.71. The van der Waals surface area contributed by atoms with Gasteiger partial charge in [-0.1, -0.05) is 12.1 Å². The summed E-state index contributed by atoms with van der Waals surface area (Å²) in [6, 6.07) is 14.1. The molecule has 1 fully saturated rings. The molecule has 0 N–H and O–H groups in total. The number of hydrogen-bond acceptors (Lipinski definition) is 6. The van der Waals surface area contributed by atoms with E-state index >= 15 is 0 Å². The number of likely N-dealkylation sites (tertiary alicyclic amines) is 1. The van der Waals surface area contributed by atoms with Gasteiger partial charge in [-0.05, 0) is 55.4 Å². The van der Waals surface area contributed by atoms with Crippen LogP contribution in [-0.4, -0.2) is 47.1 Å². The predicted molar refractivity (Wildman–Crippen MR) is 122 cm³/mol. The maximum atomic E-state index is 5.71. The van der Waals surface area contributed by atoms with Crippen molar-refractivity contribution in [3.05, 3.63) is 52.8 Å². The first-order chi connectivity index (χ1) is 15.0. The van der Waals surface area contributed by atoms with Gasteiger partial charge in [0.1, 0.15) is 17.2 Å². The molecule has 3 aromatic rings. The molecule has 2 heterocycles. The topological polar surface area (TPSA) is 53.7 Å². The molecule has 1 saturated heterocycles. The zero-order valence-electron chi connectivity index (χ0n) is 18.4. The molecule has 0 spiro atoms. The van der Waals surface area contributed by atoms with E-state index < -0.39 is 0 Å². The SMILES string of the molecule is COc1cccc(-c2nn(CN3CCC[C@H]3c3cc(OC)ccc3OC)c(=S)n2C)c1. The van der Waals surface area contributed by atoms with Gasteiger partial charge in [-0.15, -0.1) is 0 Å². The maximum Gasteiger partial charge on any atom is 0.199 e. The molecule has 1 aliphatic heterocycles. The molecular formula is C23H28N4O3S. The van der Waals surface area contributed by atoms with Crippen molar-refractivity contribution in [1.82, 2.24) is 19.2 Å². The third kappa shape index (κ3) is 4.18. The summed E-state index contributed by atoms with van der Waals surface area (Å²) in [6.07, 6.45) is 2.15. The molecule has 1 atom stereocenters. The Bertz CT molecular complexity index is 1120. The number of hydrogen-bond donors (Lipinski definition) is 0. The highest BCUT2D eigenvalue weighted by atomic mass is 32.1. The quantitative estimate of drug-likeness (QED) is 0.507. The van der Waals surface area contributed by atoms with Crippen LogP contribution < -0.4 is 14.2 Å². The van der Waals surface area contributed by atoms with Crippen LogP contribution in [0.1, 0.15) is 24.4 Å². The van der Waals surface area contributed by atoms with Crippen molar-refractivity contribution in [2.75, 3.05) is 27.9 Å². The van der Waals surface area contributed by atoms with Crippen molar-refractivity contribution in [2.45, 2.75) is 25.6 Å². The minimum absolute atomic E-state index is 0.217. The number of aromatic nitrogens is 3. The molecule has 164 valence electrons. The smallest absolute Gasteiger partial charge is 0.199 e. The lowest BCUT2D eigenvalue weighted by Crippen LogP contribution is -2.27. The van der Waals surface area contributed by atoms with E-state index in [1.807, 2.05) is 52.7 Å². The molecule has 4 rings (SSSR count). The van der Waals surface area contributed by atoms with Gasteiger partial charge < -0.3 is 18.8 Å². The van der Waals surface area contributed by atoms with E-state index in [1.54, 1.807) is 21.3 Å². The van der Waals surface area contributed by atoms with Gasteiger partial charge in [0.05, 0.1) is 28.0 Å². The van der Waals surface area contributed by atoms with Crippen LogP contribution in [-0.2, 0) is 13.7 Å². The highest BCUT2D eigenvalue weighted by Crippen LogP contribution is 2.39. The Kier molecular flexibility index (Phi) is 6.29. The fourth-order valence-electron chi connectivity index (χ4n) is 4.21. The van der Waals surface area contributed by atoms with Crippen molar-refractivity contribution in [1.29, 1.82) is 0 Å². The molecule has 7 nitrogen and oxygen atoms in total. The Labute approximate surface area is 187 Å². The van der Waals surface area contributed by atoms with Gasteiger partial charge >= 0.3 is 0 Å². The minimum atomic E-state index is 0.217. The number of ether oxygens (including phenoxy) is 3. The van der Waals surface area contributed by atoms with Crippen LogP contribution in [0, 0.1) is 4.77 Å². The van der Waals surface area contributed by atoms with Gasteiger partial charge in [0.2, 0.25) is 0 Å². The summed E-state index contributed by atoms with van der Waals surface area (Å²) in [7, 11) is 7.01. The third-order valence-electron chi connectivity index (χ3n) is 5.84. The normalized spacial score (nSPS) is 16.5. The second-order valence-electron chi connectivity index (χ2n) is 7.62. The summed E-state index contributed by atoms with van der Waals surface area (Å²) < 4.78 is 21.0. The fraction of sp³-hybridized carbons (Fsp3) is 0.391. The van der Waals surface area contributed by atoms with Crippen LogP contribution in [0.15, 0.2) is 42.5 Å². The molecule has 31 heavy (non-hydrogen) atoms. The van der Waals surface area contributed by atoms with Gasteiger partial charge in [-0.2, -0.15) is 5.10 Å². The molecule has 0 amide bonds. The molecule has 0 radical (unpaired) electrons. The van der Waals surface area contributed by atoms with Crippen molar-refractivity contribution >= 4 is 12.2 Å². The van der Waals surface area contributed by atoms with Crippen LogP contribution in [0.2, 0.25) is 0 Å². The van der Waals surface area contributed by atoms with Gasteiger partial charge in [0.15, 0.2) is 10.6 Å². The number of methoxy groups -OCH3 is 3. The Morgan fingerprint density at radius 3 is 2.55 bits per heavy atom. The lowest BCUT2D eigenvalue weighted by atomic mass is 10.0.